The van der Waals surface area contributed by atoms with E-state index in [-0.39, 0.29) is 26.2 Å². The van der Waals surface area contributed by atoms with Gasteiger partial charge in [0.25, 0.3) is 6.07 Å². The summed E-state index contributed by atoms with van der Waals surface area (Å²) >= 11 is 0. The van der Waals surface area contributed by atoms with Crippen LogP contribution in [0.25, 0.3) is 4.85 Å². The maximum absolute atomic E-state index is 12.0. The average molecular weight is 391 g/mol. The summed E-state index contributed by atoms with van der Waals surface area (Å²) in [4.78, 5) is 31.7. The fraction of sp³-hybridized carbons (Fsp3) is 0.217. The highest BCUT2D eigenvalue weighted by Crippen LogP contribution is 2.07. The summed E-state index contributed by atoms with van der Waals surface area (Å²) in [6.45, 7) is 1.92. The monoisotopic (exact) mass is 391 g/mol. The van der Waals surface area contributed by atoms with E-state index in [2.05, 4.69) is 15.9 Å². The van der Waals surface area contributed by atoms with Gasteiger partial charge in [-0.3, -0.25) is 14.6 Å². The molecule has 0 aromatic heterocycles. The first-order chi connectivity index (χ1) is 14.2. The Morgan fingerprint density at radius 3 is 2.03 bits per heavy atom. The smallest absolute Gasteiger partial charge is 0.329 e. The van der Waals surface area contributed by atoms with Crippen molar-refractivity contribution in [1.29, 1.82) is 0 Å². The third kappa shape index (κ3) is 9.16. The molecule has 148 valence electrons. The Labute approximate surface area is 170 Å². The molecular weight excluding hydrogens is 368 g/mol. The van der Waals surface area contributed by atoms with Crippen LogP contribution >= 0.6 is 0 Å². The number of hydrogen-bond donors (Lipinski definition) is 0. The molecule has 0 fully saturated rings. The number of rotatable bonds is 9. The molecule has 0 aliphatic rings. The highest BCUT2D eigenvalue weighted by molar-refractivity contribution is 5.80. The van der Waals surface area contributed by atoms with Crippen molar-refractivity contribution in [3.05, 3.63) is 88.4 Å². The van der Waals surface area contributed by atoms with Crippen molar-refractivity contribution >= 4 is 18.2 Å². The van der Waals surface area contributed by atoms with Crippen LogP contribution in [-0.2, 0) is 32.3 Å². The second-order valence-electron chi connectivity index (χ2n) is 5.95. The molecule has 6 heteroatoms. The fourth-order valence-electron chi connectivity index (χ4n) is 2.27. The molecule has 0 N–H and O–H groups in total. The van der Waals surface area contributed by atoms with Gasteiger partial charge >= 0.3 is 17.6 Å². The molecule has 0 unspecified atom stereocenters. The minimum Gasteiger partial charge on any atom is -0.460 e. The van der Waals surface area contributed by atoms with E-state index in [0.717, 1.165) is 11.1 Å². The molecule has 6 nitrogen and oxygen atoms in total. The van der Waals surface area contributed by atoms with Gasteiger partial charge < -0.3 is 9.47 Å². The lowest BCUT2D eigenvalue weighted by molar-refractivity contribution is -0.144. The lowest BCUT2D eigenvalue weighted by Crippen LogP contribution is -2.08. The molecule has 2 aromatic carbocycles. The Morgan fingerprint density at radius 2 is 1.48 bits per heavy atom. The SMILES string of the molecule is CC#[N+]/C(=C\C=NCC(=O)OCc1ccccc1)CC(=O)OCc1ccccc1. The molecule has 0 bridgehead atoms. The lowest BCUT2D eigenvalue weighted by atomic mass is 10.2. The predicted octanol–water partition coefficient (Wildman–Crippen LogP) is 4.17. The number of carbonyl (C=O) groups is 2. The standard InChI is InChI=1S/C23H23N2O4/c1-2-25-21(15-22(26)28-17-19-9-5-3-6-10-19)13-14-24-16-23(27)29-18-20-11-7-4-8-12-20/h3-14H,15-18H2,1H3/q+1/b21-13-,24-14?. The average Bonchev–Trinajstić information content (AvgIpc) is 2.75. The van der Waals surface area contributed by atoms with Crippen LogP contribution in [0.5, 0.6) is 0 Å². The first-order valence-corrected chi connectivity index (χ1v) is 9.13. The van der Waals surface area contributed by atoms with Crippen molar-refractivity contribution < 1.29 is 19.1 Å². The number of benzene rings is 2. The number of allylic oxidation sites excluding steroid dienone is 1. The van der Waals surface area contributed by atoms with Crippen LogP contribution in [0.1, 0.15) is 24.5 Å². The van der Waals surface area contributed by atoms with E-state index in [0.29, 0.717) is 5.70 Å². The summed E-state index contributed by atoms with van der Waals surface area (Å²) in [6.07, 6.45) is 2.95. The molecule has 0 saturated carbocycles. The van der Waals surface area contributed by atoms with Crippen molar-refractivity contribution in [1.82, 2.24) is 0 Å². The molecule has 0 aliphatic heterocycles. The number of nitrogens with zero attached hydrogens (tertiary/aromatic N) is 2. The summed E-state index contributed by atoms with van der Waals surface area (Å²) in [5.74, 6) is -0.845. The Morgan fingerprint density at radius 1 is 0.931 bits per heavy atom. The van der Waals surface area contributed by atoms with Gasteiger partial charge in [-0.2, -0.15) is 0 Å². The third-order valence-electron chi connectivity index (χ3n) is 3.66. The maximum atomic E-state index is 12.0. The van der Waals surface area contributed by atoms with Crippen LogP contribution in [0.15, 0.2) is 77.4 Å². The van der Waals surface area contributed by atoms with E-state index >= 15 is 0 Å². The second-order valence-corrected chi connectivity index (χ2v) is 5.95. The van der Waals surface area contributed by atoms with E-state index in [1.54, 1.807) is 13.0 Å². The zero-order valence-corrected chi connectivity index (χ0v) is 16.3. The van der Waals surface area contributed by atoms with Crippen LogP contribution in [0.4, 0.5) is 0 Å². The number of hydrogen-bond acceptors (Lipinski definition) is 5. The van der Waals surface area contributed by atoms with Crippen LogP contribution in [0, 0.1) is 6.07 Å². The fourth-order valence-corrected chi connectivity index (χ4v) is 2.27. The Bertz CT molecular complexity index is 910. The van der Waals surface area contributed by atoms with Gasteiger partial charge in [0.2, 0.25) is 0 Å². The molecular formula is C23H23N2O4+. The van der Waals surface area contributed by atoms with Crippen LogP contribution in [-0.4, -0.2) is 24.7 Å². The van der Waals surface area contributed by atoms with Crippen molar-refractivity contribution in [3.63, 3.8) is 0 Å². The van der Waals surface area contributed by atoms with Crippen molar-refractivity contribution in [2.24, 2.45) is 4.99 Å². The zero-order valence-electron chi connectivity index (χ0n) is 16.3. The molecule has 0 atom stereocenters. The molecule has 0 radical (unpaired) electrons. The highest BCUT2D eigenvalue weighted by atomic mass is 16.5. The van der Waals surface area contributed by atoms with E-state index in [1.807, 2.05) is 60.7 Å². The minimum atomic E-state index is -0.437. The Balaban J connectivity index is 1.77. The van der Waals surface area contributed by atoms with Gasteiger partial charge in [0.05, 0.1) is 6.92 Å². The van der Waals surface area contributed by atoms with E-state index in [1.165, 1.54) is 6.21 Å². The third-order valence-corrected chi connectivity index (χ3v) is 3.66. The van der Waals surface area contributed by atoms with Crippen LogP contribution in [0.2, 0.25) is 0 Å². The van der Waals surface area contributed by atoms with E-state index in [9.17, 15) is 9.59 Å². The van der Waals surface area contributed by atoms with E-state index in [4.69, 9.17) is 9.47 Å². The Hall–Kier alpha value is -3.72. The first kappa shape index (κ1) is 21.6. The molecule has 0 aliphatic carbocycles. The van der Waals surface area contributed by atoms with Crippen molar-refractivity contribution in [2.75, 3.05) is 6.54 Å². The summed E-state index contributed by atoms with van der Waals surface area (Å²) in [5, 5.41) is 0. The quantitative estimate of drug-likeness (QED) is 0.475. The minimum absolute atomic E-state index is 0.0157. The van der Waals surface area contributed by atoms with Crippen molar-refractivity contribution in [2.45, 2.75) is 26.6 Å². The predicted molar refractivity (Wildman–Crippen MR) is 111 cm³/mol. The van der Waals surface area contributed by atoms with Crippen LogP contribution in [0.3, 0.4) is 0 Å². The van der Waals surface area contributed by atoms with Gasteiger partial charge in [-0.1, -0.05) is 60.7 Å². The topological polar surface area (TPSA) is 69.3 Å². The number of carbonyl (C=O) groups excluding carboxylic acids is 2. The van der Waals surface area contributed by atoms with Gasteiger partial charge in [-0.15, -0.1) is 0 Å². The van der Waals surface area contributed by atoms with Gasteiger partial charge in [0, 0.05) is 12.3 Å². The molecule has 0 amide bonds. The molecule has 2 aromatic rings. The largest absolute Gasteiger partial charge is 0.460 e. The summed E-state index contributed by atoms with van der Waals surface area (Å²) < 4.78 is 10.4. The second kappa shape index (κ2) is 12.6. The molecule has 2 rings (SSSR count). The van der Waals surface area contributed by atoms with Crippen LogP contribution < -0.4 is 0 Å². The van der Waals surface area contributed by atoms with Crippen molar-refractivity contribution in [3.8, 4) is 6.07 Å². The lowest BCUT2D eigenvalue weighted by Gasteiger charge is -2.02. The number of ether oxygens (including phenoxy) is 2. The van der Waals surface area contributed by atoms with Gasteiger partial charge in [0.15, 0.2) is 0 Å². The van der Waals surface area contributed by atoms with Gasteiger partial charge in [-0.25, -0.2) is 0 Å². The highest BCUT2D eigenvalue weighted by Gasteiger charge is 2.14. The number of aliphatic imine (C=N–C) groups is 1. The summed E-state index contributed by atoms with van der Waals surface area (Å²) in [5.41, 5.74) is 2.26. The molecule has 0 saturated heterocycles. The molecule has 29 heavy (non-hydrogen) atoms. The van der Waals surface area contributed by atoms with Gasteiger partial charge in [0.1, 0.15) is 26.2 Å². The first-order valence-electron chi connectivity index (χ1n) is 9.13. The summed E-state index contributed by atoms with van der Waals surface area (Å²) in [6, 6.07) is 21.5. The normalized spacial score (nSPS) is 10.9. The zero-order chi connectivity index (χ0) is 20.7. The summed E-state index contributed by atoms with van der Waals surface area (Å²) in [7, 11) is 0. The molecule has 0 heterocycles. The number of esters is 2. The molecule has 0 spiro atoms. The van der Waals surface area contributed by atoms with E-state index < -0.39 is 11.9 Å². The van der Waals surface area contributed by atoms with Gasteiger partial charge in [-0.05, 0) is 16.0 Å². The maximum Gasteiger partial charge on any atom is 0.329 e. The Kier molecular flexibility index (Phi) is 9.40.